The van der Waals surface area contributed by atoms with Gasteiger partial charge in [-0.05, 0) is 19.8 Å². The Hall–Kier alpha value is -0.650. The number of ether oxygens (including phenoxy) is 2. The number of hydrogen-bond acceptors (Lipinski definition) is 4. The van der Waals surface area contributed by atoms with Crippen molar-refractivity contribution < 1.29 is 14.3 Å². The van der Waals surface area contributed by atoms with Gasteiger partial charge in [0.15, 0.2) is 0 Å². The highest BCUT2D eigenvalue weighted by molar-refractivity contribution is 5.77. The molecule has 96 valence electrons. The molecule has 0 radical (unpaired) electrons. The number of nitrogens with one attached hydrogen (secondary N) is 1. The molecule has 3 N–H and O–H groups in total. The van der Waals surface area contributed by atoms with Gasteiger partial charge in [0, 0.05) is 25.8 Å². The maximum atomic E-state index is 11.3. The zero-order chi connectivity index (χ0) is 12.4. The lowest BCUT2D eigenvalue weighted by Crippen LogP contribution is -2.41. The maximum absolute atomic E-state index is 11.3. The molecule has 0 bridgehead atoms. The molecule has 5 heteroatoms. The van der Waals surface area contributed by atoms with E-state index in [1.54, 1.807) is 7.11 Å². The fraction of sp³-hybridized carbons (Fsp3) is 0.909. The van der Waals surface area contributed by atoms with E-state index in [9.17, 15) is 4.79 Å². The van der Waals surface area contributed by atoms with Gasteiger partial charge in [-0.25, -0.2) is 0 Å². The van der Waals surface area contributed by atoms with E-state index in [-0.39, 0.29) is 18.1 Å². The van der Waals surface area contributed by atoms with E-state index in [0.717, 1.165) is 12.8 Å². The quantitative estimate of drug-likeness (QED) is 0.560. The molecule has 0 rings (SSSR count). The van der Waals surface area contributed by atoms with Gasteiger partial charge in [-0.15, -0.1) is 0 Å². The molecule has 0 aromatic carbocycles. The minimum absolute atomic E-state index is 0.0692. The summed E-state index contributed by atoms with van der Waals surface area (Å²) in [6.07, 6.45) is 1.63. The Morgan fingerprint density at radius 3 is 2.75 bits per heavy atom. The van der Waals surface area contributed by atoms with Crippen LogP contribution < -0.4 is 11.1 Å². The predicted molar refractivity (Wildman–Crippen MR) is 63.2 cm³/mol. The average Bonchev–Trinajstić information content (AvgIpc) is 2.24. The van der Waals surface area contributed by atoms with Crippen molar-refractivity contribution in [1.82, 2.24) is 5.32 Å². The van der Waals surface area contributed by atoms with E-state index < -0.39 is 0 Å². The first-order chi connectivity index (χ1) is 7.52. The number of hydrogen-bond donors (Lipinski definition) is 2. The van der Waals surface area contributed by atoms with Crippen LogP contribution >= 0.6 is 0 Å². The van der Waals surface area contributed by atoms with Gasteiger partial charge in [-0.3, -0.25) is 4.79 Å². The van der Waals surface area contributed by atoms with Crippen molar-refractivity contribution >= 4 is 5.91 Å². The number of nitrogens with two attached hydrogens (primary N) is 1. The van der Waals surface area contributed by atoms with Crippen LogP contribution in [0.3, 0.4) is 0 Å². The van der Waals surface area contributed by atoms with Crippen LogP contribution in [0.1, 0.15) is 26.7 Å². The summed E-state index contributed by atoms with van der Waals surface area (Å²) in [4.78, 5) is 11.3. The Morgan fingerprint density at radius 1 is 1.50 bits per heavy atom. The van der Waals surface area contributed by atoms with Crippen LogP contribution in [0.4, 0.5) is 0 Å². The number of carbonyl (C=O) groups excluding carboxylic acids is 1. The van der Waals surface area contributed by atoms with Gasteiger partial charge in [0.25, 0.3) is 0 Å². The molecule has 16 heavy (non-hydrogen) atoms. The first-order valence-corrected chi connectivity index (χ1v) is 5.64. The second-order valence-corrected chi connectivity index (χ2v) is 4.20. The molecule has 0 fully saturated rings. The molecule has 0 saturated carbocycles. The summed E-state index contributed by atoms with van der Waals surface area (Å²) < 4.78 is 10.1. The van der Waals surface area contributed by atoms with Crippen LogP contribution in [-0.2, 0) is 14.3 Å². The largest absolute Gasteiger partial charge is 0.385 e. The third-order valence-corrected chi connectivity index (χ3v) is 2.32. The molecule has 1 unspecified atom stereocenters. The van der Waals surface area contributed by atoms with Crippen LogP contribution in [0.2, 0.25) is 0 Å². The molecular formula is C11H24N2O3. The molecule has 0 spiro atoms. The molecule has 0 heterocycles. The highest BCUT2D eigenvalue weighted by Crippen LogP contribution is 2.04. The van der Waals surface area contributed by atoms with Crippen molar-refractivity contribution in [2.45, 2.75) is 32.2 Å². The van der Waals surface area contributed by atoms with Crippen molar-refractivity contribution in [3.05, 3.63) is 0 Å². The van der Waals surface area contributed by atoms with Crippen molar-refractivity contribution in [1.29, 1.82) is 0 Å². The molecule has 0 aromatic rings. The Balaban J connectivity index is 3.44. The molecule has 0 aliphatic rings. The monoisotopic (exact) mass is 232 g/mol. The zero-order valence-electron chi connectivity index (χ0n) is 10.5. The summed E-state index contributed by atoms with van der Waals surface area (Å²) in [6.45, 7) is 5.63. The lowest BCUT2D eigenvalue weighted by Gasteiger charge is -2.21. The van der Waals surface area contributed by atoms with E-state index in [4.69, 9.17) is 15.2 Å². The second-order valence-electron chi connectivity index (χ2n) is 4.20. The van der Waals surface area contributed by atoms with Crippen LogP contribution in [0.5, 0.6) is 0 Å². The molecule has 0 aliphatic heterocycles. The number of amides is 1. The van der Waals surface area contributed by atoms with Crippen molar-refractivity contribution in [3.63, 3.8) is 0 Å². The Kier molecular flexibility index (Phi) is 8.15. The van der Waals surface area contributed by atoms with Crippen LogP contribution in [-0.4, -0.2) is 44.9 Å². The van der Waals surface area contributed by atoms with Gasteiger partial charge in [0.05, 0.1) is 6.61 Å². The fourth-order valence-corrected chi connectivity index (χ4v) is 0.974. The summed E-state index contributed by atoms with van der Waals surface area (Å²) in [5.41, 5.74) is 5.52. The summed E-state index contributed by atoms with van der Waals surface area (Å²) in [5, 5.41) is 2.74. The average molecular weight is 232 g/mol. The lowest BCUT2D eigenvalue weighted by atomic mass is 10.0. The molecular weight excluding hydrogens is 208 g/mol. The lowest BCUT2D eigenvalue weighted by molar-refractivity contribution is -0.126. The van der Waals surface area contributed by atoms with Gasteiger partial charge in [0.2, 0.25) is 5.91 Å². The Morgan fingerprint density at radius 2 is 2.19 bits per heavy atom. The van der Waals surface area contributed by atoms with E-state index in [1.165, 1.54) is 0 Å². The molecule has 1 atom stereocenters. The van der Waals surface area contributed by atoms with Crippen LogP contribution in [0.25, 0.3) is 0 Å². The molecule has 5 nitrogen and oxygen atoms in total. The smallest absolute Gasteiger partial charge is 0.246 e. The number of methoxy groups -OCH3 is 1. The standard InChI is InChI=1S/C11H24N2O3/c1-4-11(2,12)9-16-8-10(14)13-6-5-7-15-3/h4-9,12H2,1-3H3,(H,13,14). The Bertz CT molecular complexity index is 196. The summed E-state index contributed by atoms with van der Waals surface area (Å²) in [6, 6.07) is 0. The maximum Gasteiger partial charge on any atom is 0.246 e. The minimum Gasteiger partial charge on any atom is -0.385 e. The van der Waals surface area contributed by atoms with Crippen molar-refractivity contribution in [3.8, 4) is 0 Å². The highest BCUT2D eigenvalue weighted by Gasteiger charge is 2.16. The van der Waals surface area contributed by atoms with Gasteiger partial charge >= 0.3 is 0 Å². The SMILES string of the molecule is CCC(C)(N)COCC(=O)NCCCOC. The van der Waals surface area contributed by atoms with E-state index in [2.05, 4.69) is 5.32 Å². The summed E-state index contributed by atoms with van der Waals surface area (Å²) >= 11 is 0. The number of rotatable bonds is 9. The normalized spacial score (nSPS) is 14.5. The number of carbonyl (C=O) groups is 1. The second kappa shape index (κ2) is 8.50. The first-order valence-electron chi connectivity index (χ1n) is 5.64. The van der Waals surface area contributed by atoms with E-state index in [0.29, 0.717) is 19.8 Å². The van der Waals surface area contributed by atoms with Crippen molar-refractivity contribution in [2.24, 2.45) is 5.73 Å². The molecule has 0 saturated heterocycles. The first kappa shape index (κ1) is 15.3. The fourth-order valence-electron chi connectivity index (χ4n) is 0.974. The third kappa shape index (κ3) is 8.64. The van der Waals surface area contributed by atoms with Crippen LogP contribution in [0, 0.1) is 0 Å². The third-order valence-electron chi connectivity index (χ3n) is 2.32. The van der Waals surface area contributed by atoms with Crippen molar-refractivity contribution in [2.75, 3.05) is 33.5 Å². The predicted octanol–water partition coefficient (Wildman–Crippen LogP) is 0.283. The van der Waals surface area contributed by atoms with E-state index in [1.807, 2.05) is 13.8 Å². The zero-order valence-corrected chi connectivity index (χ0v) is 10.5. The van der Waals surface area contributed by atoms with Crippen LogP contribution in [0.15, 0.2) is 0 Å². The minimum atomic E-state index is -0.351. The summed E-state index contributed by atoms with van der Waals surface area (Å²) in [5.74, 6) is -0.108. The van der Waals surface area contributed by atoms with Gasteiger partial charge in [-0.1, -0.05) is 6.92 Å². The topological polar surface area (TPSA) is 73.6 Å². The molecule has 0 aromatic heterocycles. The molecule has 0 aliphatic carbocycles. The Labute approximate surface area is 97.7 Å². The highest BCUT2D eigenvalue weighted by atomic mass is 16.5. The molecule has 1 amide bonds. The van der Waals surface area contributed by atoms with Gasteiger partial charge in [-0.2, -0.15) is 0 Å². The van der Waals surface area contributed by atoms with Gasteiger partial charge < -0.3 is 20.5 Å². The summed E-state index contributed by atoms with van der Waals surface area (Å²) in [7, 11) is 1.64. The van der Waals surface area contributed by atoms with E-state index >= 15 is 0 Å². The van der Waals surface area contributed by atoms with Gasteiger partial charge in [0.1, 0.15) is 6.61 Å².